The lowest BCUT2D eigenvalue weighted by molar-refractivity contribution is 0.0914. The summed E-state index contributed by atoms with van der Waals surface area (Å²) >= 11 is 0. The van der Waals surface area contributed by atoms with Crippen molar-refractivity contribution < 1.29 is 14.6 Å². The molecule has 0 aliphatic carbocycles. The Balaban J connectivity index is 1.57. The van der Waals surface area contributed by atoms with E-state index >= 15 is 0 Å². The highest BCUT2D eigenvalue weighted by atomic mass is 16.5. The molecule has 1 fully saturated rings. The number of hydrogen-bond acceptors (Lipinski definition) is 8. The van der Waals surface area contributed by atoms with E-state index in [0.29, 0.717) is 24.9 Å². The molecule has 39 heavy (non-hydrogen) atoms. The Kier molecular flexibility index (Phi) is 6.64. The number of aryl methyl sites for hydroxylation is 2. The first-order valence-corrected chi connectivity index (χ1v) is 13.7. The fourth-order valence-corrected chi connectivity index (χ4v) is 5.93. The lowest BCUT2D eigenvalue weighted by atomic mass is 10.1. The van der Waals surface area contributed by atoms with E-state index in [1.54, 1.807) is 0 Å². The highest BCUT2D eigenvalue weighted by Gasteiger charge is 2.34. The molecule has 0 amide bonds. The van der Waals surface area contributed by atoms with Gasteiger partial charge in [0.05, 0.1) is 64.9 Å². The van der Waals surface area contributed by atoms with Crippen LogP contribution in [-0.2, 0) is 13.6 Å². The average Bonchev–Trinajstić information content (AvgIpc) is 3.68. The Labute approximate surface area is 227 Å². The lowest BCUT2D eigenvalue weighted by Crippen LogP contribution is -2.41. The minimum Gasteiger partial charge on any atom is -0.476 e. The Bertz CT molecular complexity index is 1530. The smallest absolute Gasteiger partial charge is 0.240 e. The molecule has 206 valence electrons. The molecule has 2 N–H and O–H groups in total. The second-order valence-corrected chi connectivity index (χ2v) is 10.5. The normalized spacial score (nSPS) is 21.1. The highest BCUT2D eigenvalue weighted by Crippen LogP contribution is 2.37. The van der Waals surface area contributed by atoms with E-state index in [1.165, 1.54) is 0 Å². The summed E-state index contributed by atoms with van der Waals surface area (Å²) in [7, 11) is 1.92. The van der Waals surface area contributed by atoms with E-state index in [2.05, 4.69) is 27.1 Å². The number of aromatic amines is 1. The first-order valence-electron chi connectivity index (χ1n) is 13.7. The molecule has 2 bridgehead atoms. The highest BCUT2D eigenvalue weighted by molar-refractivity contribution is 5.92. The molecule has 0 spiro atoms. The first-order chi connectivity index (χ1) is 18.9. The fraction of sp³-hybridized carbons (Fsp3) is 0.500. The number of nitrogens with zero attached hydrogens (tertiary/aromatic N) is 7. The van der Waals surface area contributed by atoms with Gasteiger partial charge in [-0.3, -0.25) is 19.7 Å². The molecule has 1 saturated heterocycles. The molecule has 0 aromatic carbocycles. The monoisotopic (exact) mass is 532 g/mol. The molecule has 4 aromatic rings. The van der Waals surface area contributed by atoms with Crippen molar-refractivity contribution >= 4 is 23.1 Å². The molecule has 6 heterocycles. The summed E-state index contributed by atoms with van der Waals surface area (Å²) in [5.74, 6) is 1.28. The number of H-pyrrole nitrogens is 1. The Morgan fingerprint density at radius 2 is 2.13 bits per heavy atom. The minimum atomic E-state index is -0.196. The van der Waals surface area contributed by atoms with Gasteiger partial charge in [0.1, 0.15) is 6.10 Å². The van der Waals surface area contributed by atoms with Crippen molar-refractivity contribution in [2.75, 3.05) is 19.8 Å². The number of pyridine rings is 1. The third kappa shape index (κ3) is 4.39. The third-order valence-corrected chi connectivity index (χ3v) is 7.90. The second kappa shape index (κ2) is 10.1. The molecule has 11 nitrogen and oxygen atoms in total. The van der Waals surface area contributed by atoms with Crippen LogP contribution in [0.15, 0.2) is 12.3 Å². The van der Waals surface area contributed by atoms with Crippen molar-refractivity contribution in [3.63, 3.8) is 0 Å². The fourth-order valence-electron chi connectivity index (χ4n) is 5.93. The van der Waals surface area contributed by atoms with Crippen molar-refractivity contribution in [2.24, 2.45) is 7.05 Å². The van der Waals surface area contributed by atoms with Crippen molar-refractivity contribution in [2.45, 2.75) is 65.3 Å². The van der Waals surface area contributed by atoms with Gasteiger partial charge in [0.25, 0.3) is 0 Å². The quantitative estimate of drug-likeness (QED) is 0.408. The third-order valence-electron chi connectivity index (χ3n) is 7.90. The van der Waals surface area contributed by atoms with Gasteiger partial charge in [0, 0.05) is 25.0 Å². The maximum Gasteiger partial charge on any atom is 0.240 e. The number of ether oxygens (including phenoxy) is 2. The maximum absolute atomic E-state index is 10.1. The minimum absolute atomic E-state index is 0.0191. The molecule has 2 aliphatic heterocycles. The number of fused-ring (bicyclic) bond motifs is 5. The summed E-state index contributed by atoms with van der Waals surface area (Å²) in [6.07, 6.45) is 7.86. The van der Waals surface area contributed by atoms with E-state index in [1.807, 2.05) is 61.6 Å². The zero-order valence-corrected chi connectivity index (χ0v) is 23.2. The van der Waals surface area contributed by atoms with Gasteiger partial charge >= 0.3 is 0 Å². The summed E-state index contributed by atoms with van der Waals surface area (Å²) in [5.41, 5.74) is 6.10. The molecule has 0 radical (unpaired) electrons. The molecule has 4 aromatic heterocycles. The Hall–Kier alpha value is -3.70. The second-order valence-electron chi connectivity index (χ2n) is 10.5. The van der Waals surface area contributed by atoms with E-state index < -0.39 is 0 Å². The zero-order chi connectivity index (χ0) is 27.3. The first kappa shape index (κ1) is 25.6. The lowest BCUT2D eigenvalue weighted by Gasteiger charge is -2.30. The molecule has 2 aliphatic rings. The van der Waals surface area contributed by atoms with Gasteiger partial charge in [-0.25, -0.2) is 4.68 Å². The van der Waals surface area contributed by atoms with Crippen LogP contribution in [-0.4, -0.2) is 76.7 Å². The SMILES string of the molecule is CCOc1nn([C@@H](C)CO)c2c1/C=C/c1n[nH]c3cnc(cc13)-c1c(C)nn(C)c1O[C@@H](C)[C@H]1CCCN1C2. The Morgan fingerprint density at radius 1 is 1.28 bits per heavy atom. The summed E-state index contributed by atoms with van der Waals surface area (Å²) in [6.45, 7) is 10.1. The molecule has 3 atom stereocenters. The summed E-state index contributed by atoms with van der Waals surface area (Å²) in [4.78, 5) is 7.21. The van der Waals surface area contributed by atoms with Crippen LogP contribution in [0.5, 0.6) is 11.8 Å². The van der Waals surface area contributed by atoms with Crippen LogP contribution in [0.4, 0.5) is 0 Å². The van der Waals surface area contributed by atoms with Crippen LogP contribution >= 0.6 is 0 Å². The van der Waals surface area contributed by atoms with Gasteiger partial charge in [-0.1, -0.05) is 0 Å². The number of nitrogens with one attached hydrogen (secondary N) is 1. The summed E-state index contributed by atoms with van der Waals surface area (Å²) < 4.78 is 16.4. The van der Waals surface area contributed by atoms with Gasteiger partial charge in [-0.15, -0.1) is 5.10 Å². The predicted molar refractivity (Wildman–Crippen MR) is 148 cm³/mol. The number of aliphatic hydroxyl groups is 1. The van der Waals surface area contributed by atoms with Crippen LogP contribution in [0, 0.1) is 6.92 Å². The van der Waals surface area contributed by atoms with E-state index in [0.717, 1.165) is 64.2 Å². The van der Waals surface area contributed by atoms with Crippen molar-refractivity contribution in [1.29, 1.82) is 0 Å². The van der Waals surface area contributed by atoms with Gasteiger partial charge in [-0.05, 0) is 65.3 Å². The Morgan fingerprint density at radius 3 is 2.92 bits per heavy atom. The van der Waals surface area contributed by atoms with Crippen molar-refractivity contribution in [1.82, 2.24) is 39.6 Å². The molecule has 11 heteroatoms. The average molecular weight is 533 g/mol. The summed E-state index contributed by atoms with van der Waals surface area (Å²) in [6, 6.07) is 2.05. The van der Waals surface area contributed by atoms with Crippen LogP contribution in [0.3, 0.4) is 0 Å². The topological polar surface area (TPSA) is 119 Å². The van der Waals surface area contributed by atoms with Gasteiger partial charge < -0.3 is 14.6 Å². The molecular formula is C28H36N8O3. The van der Waals surface area contributed by atoms with Crippen LogP contribution in [0.2, 0.25) is 0 Å². The number of aliphatic hydroxyl groups excluding tert-OH is 1. The van der Waals surface area contributed by atoms with Crippen molar-refractivity contribution in [3.8, 4) is 23.0 Å². The van der Waals surface area contributed by atoms with Crippen LogP contribution < -0.4 is 9.47 Å². The number of rotatable bonds is 4. The van der Waals surface area contributed by atoms with Crippen LogP contribution in [0.1, 0.15) is 62.3 Å². The van der Waals surface area contributed by atoms with E-state index in [9.17, 15) is 5.11 Å². The predicted octanol–water partition coefficient (Wildman–Crippen LogP) is 3.73. The summed E-state index contributed by atoms with van der Waals surface area (Å²) in [5, 5.41) is 28.2. The van der Waals surface area contributed by atoms with Gasteiger partial charge in [0.15, 0.2) is 0 Å². The van der Waals surface area contributed by atoms with Crippen molar-refractivity contribution in [3.05, 3.63) is 34.9 Å². The molecular weight excluding hydrogens is 496 g/mol. The van der Waals surface area contributed by atoms with E-state index in [-0.39, 0.29) is 24.8 Å². The van der Waals surface area contributed by atoms with Gasteiger partial charge in [-0.2, -0.15) is 10.2 Å². The standard InChI is InChI=1S/C28H36N8O3/c1-6-38-27-19-9-10-21-20-12-22(29-13-23(20)31-30-21)26-17(3)32-34(5)28(26)39-18(4)24-8-7-11-35(24)14-25(19)36(33-27)16(2)15-37/h9-10,12-13,16,18,24,37H,6-8,11,14-15H2,1-5H3,(H,30,31)/b10-9+/t16-,18-,24+/m0/s1. The zero-order valence-electron chi connectivity index (χ0n) is 23.2. The van der Waals surface area contributed by atoms with Gasteiger partial charge in [0.2, 0.25) is 11.8 Å². The number of hydrogen-bond donors (Lipinski definition) is 2. The molecule has 0 saturated carbocycles. The largest absolute Gasteiger partial charge is 0.476 e. The van der Waals surface area contributed by atoms with E-state index in [4.69, 9.17) is 19.6 Å². The molecule has 6 rings (SSSR count). The number of aromatic nitrogens is 7. The molecule has 0 unspecified atom stereocenters. The maximum atomic E-state index is 10.1. The van der Waals surface area contributed by atoms with Crippen LogP contribution in [0.25, 0.3) is 34.3 Å².